The second kappa shape index (κ2) is 10.4. The van der Waals surface area contributed by atoms with E-state index in [1.807, 2.05) is 0 Å². The normalized spacial score (nSPS) is 15.6. The summed E-state index contributed by atoms with van der Waals surface area (Å²) in [4.78, 5) is 33.1. The van der Waals surface area contributed by atoms with Crippen molar-refractivity contribution in [2.75, 3.05) is 38.7 Å². The number of para-hydroxylation sites is 1. The van der Waals surface area contributed by atoms with Gasteiger partial charge in [-0.2, -0.15) is 0 Å². The number of halogens is 1. The van der Waals surface area contributed by atoms with Gasteiger partial charge in [0.15, 0.2) is 11.6 Å². The maximum atomic E-state index is 14.4. The molecule has 2 aliphatic heterocycles. The fourth-order valence-corrected chi connectivity index (χ4v) is 4.86. The number of carboxylic acid groups (broad SMARTS) is 1. The number of methoxy groups -OCH3 is 1. The number of pyridine rings is 1. The van der Waals surface area contributed by atoms with Crippen molar-refractivity contribution in [3.8, 4) is 22.8 Å². The number of amides is 2. The van der Waals surface area contributed by atoms with Gasteiger partial charge in [0.05, 0.1) is 42.5 Å². The molecule has 1 saturated heterocycles. The first-order valence-electron chi connectivity index (χ1n) is 12.1. The van der Waals surface area contributed by atoms with E-state index in [0.29, 0.717) is 79.4 Å². The fraction of sp³-hybridized carbons (Fsp3) is 0.346. The van der Waals surface area contributed by atoms with Crippen molar-refractivity contribution in [1.82, 2.24) is 20.2 Å². The van der Waals surface area contributed by atoms with Crippen LogP contribution >= 0.6 is 0 Å². The number of hydrogen-bond acceptors (Lipinski definition) is 6. The van der Waals surface area contributed by atoms with Crippen molar-refractivity contribution >= 4 is 23.4 Å². The number of carbonyl (C=O) groups excluding carboxylic acids is 1. The van der Waals surface area contributed by atoms with Crippen LogP contribution in [-0.4, -0.2) is 65.3 Å². The first-order valence-corrected chi connectivity index (χ1v) is 12.1. The highest BCUT2D eigenvalue weighted by Gasteiger charge is 2.29. The van der Waals surface area contributed by atoms with Crippen LogP contribution in [0.25, 0.3) is 11.3 Å². The van der Waals surface area contributed by atoms with Crippen LogP contribution in [-0.2, 0) is 6.42 Å². The molecule has 0 aliphatic carbocycles. The van der Waals surface area contributed by atoms with Gasteiger partial charge < -0.3 is 35.1 Å². The fourth-order valence-electron chi connectivity index (χ4n) is 4.86. The summed E-state index contributed by atoms with van der Waals surface area (Å²) in [6, 6.07) is 6.35. The van der Waals surface area contributed by atoms with Crippen molar-refractivity contribution in [3.05, 3.63) is 53.7 Å². The van der Waals surface area contributed by atoms with E-state index >= 15 is 0 Å². The number of benzene rings is 1. The van der Waals surface area contributed by atoms with Crippen LogP contribution in [0.15, 0.2) is 36.7 Å². The highest BCUT2D eigenvalue weighted by atomic mass is 19.1. The standard InChI is InChI=1S/C26H28FN5O5/c1-36-24-17(27)3-2-4-19(24)31-23-21-18(6-10-29-25(21)33)30-22(23)16-5-9-28-13-20(16)37-14-15-7-11-32(12-8-15)26(34)35/h2-5,9,13,15,30-31H,6-8,10-12,14H2,1H3,(H,29,33)(H,34,35). The van der Waals surface area contributed by atoms with Crippen LogP contribution in [0.1, 0.15) is 28.9 Å². The zero-order valence-corrected chi connectivity index (χ0v) is 20.3. The molecule has 0 bridgehead atoms. The van der Waals surface area contributed by atoms with E-state index in [1.165, 1.54) is 18.1 Å². The summed E-state index contributed by atoms with van der Waals surface area (Å²) in [5, 5.41) is 15.3. The number of nitrogens with one attached hydrogen (secondary N) is 3. The van der Waals surface area contributed by atoms with Gasteiger partial charge in [0.2, 0.25) is 0 Å². The molecule has 10 nitrogen and oxygen atoms in total. The third-order valence-electron chi connectivity index (χ3n) is 6.81. The van der Waals surface area contributed by atoms with E-state index in [4.69, 9.17) is 9.47 Å². The molecule has 1 aromatic carbocycles. The minimum absolute atomic E-state index is 0.0403. The minimum atomic E-state index is -0.899. The topological polar surface area (TPSA) is 129 Å². The Morgan fingerprint density at radius 1 is 1.30 bits per heavy atom. The van der Waals surface area contributed by atoms with Gasteiger partial charge in [-0.3, -0.25) is 9.78 Å². The molecule has 2 aliphatic rings. The van der Waals surface area contributed by atoms with E-state index in [1.54, 1.807) is 30.6 Å². The zero-order chi connectivity index (χ0) is 25.9. The maximum Gasteiger partial charge on any atom is 0.407 e. The van der Waals surface area contributed by atoms with Gasteiger partial charge in [0.25, 0.3) is 5.91 Å². The molecule has 0 saturated carbocycles. The number of likely N-dealkylation sites (tertiary alicyclic amines) is 1. The first kappa shape index (κ1) is 24.4. The second-order valence-corrected chi connectivity index (χ2v) is 9.08. The smallest absolute Gasteiger partial charge is 0.407 e. The Balaban J connectivity index is 1.47. The average molecular weight is 510 g/mol. The van der Waals surface area contributed by atoms with Gasteiger partial charge in [-0.25, -0.2) is 9.18 Å². The molecule has 0 radical (unpaired) electrons. The number of H-pyrrole nitrogens is 1. The van der Waals surface area contributed by atoms with Crippen molar-refractivity contribution in [2.24, 2.45) is 5.92 Å². The Morgan fingerprint density at radius 3 is 2.86 bits per heavy atom. The van der Waals surface area contributed by atoms with Crippen LogP contribution in [0.5, 0.6) is 11.5 Å². The van der Waals surface area contributed by atoms with Crippen molar-refractivity contribution in [1.29, 1.82) is 0 Å². The molecule has 0 atom stereocenters. The number of ether oxygens (including phenoxy) is 2. The number of aromatic nitrogens is 2. The molecule has 5 rings (SSSR count). The lowest BCUT2D eigenvalue weighted by atomic mass is 9.98. The third-order valence-corrected chi connectivity index (χ3v) is 6.81. The average Bonchev–Trinajstić information content (AvgIpc) is 3.27. The van der Waals surface area contributed by atoms with Crippen LogP contribution in [0.3, 0.4) is 0 Å². The molecule has 2 aromatic heterocycles. The third kappa shape index (κ3) is 4.89. The molecule has 2 amide bonds. The quantitative estimate of drug-likeness (QED) is 0.379. The summed E-state index contributed by atoms with van der Waals surface area (Å²) >= 11 is 0. The number of carbonyl (C=O) groups is 2. The molecule has 0 unspecified atom stereocenters. The van der Waals surface area contributed by atoms with Crippen molar-refractivity contribution in [3.63, 3.8) is 0 Å². The highest BCUT2D eigenvalue weighted by molar-refractivity contribution is 6.06. The summed E-state index contributed by atoms with van der Waals surface area (Å²) in [6.07, 6.45) is 4.40. The molecule has 37 heavy (non-hydrogen) atoms. The number of rotatable bonds is 7. The molecule has 4 N–H and O–H groups in total. The van der Waals surface area contributed by atoms with Crippen LogP contribution in [0, 0.1) is 11.7 Å². The molecule has 4 heterocycles. The van der Waals surface area contributed by atoms with Gasteiger partial charge in [0, 0.05) is 43.5 Å². The van der Waals surface area contributed by atoms with Gasteiger partial charge in [-0.1, -0.05) is 6.07 Å². The highest BCUT2D eigenvalue weighted by Crippen LogP contribution is 2.42. The molecular formula is C26H28FN5O5. The summed E-state index contributed by atoms with van der Waals surface area (Å²) < 4.78 is 25.9. The van der Waals surface area contributed by atoms with Crippen LogP contribution in [0.2, 0.25) is 0 Å². The monoisotopic (exact) mass is 509 g/mol. The van der Waals surface area contributed by atoms with E-state index in [-0.39, 0.29) is 17.6 Å². The Morgan fingerprint density at radius 2 is 2.11 bits per heavy atom. The van der Waals surface area contributed by atoms with Gasteiger partial charge >= 0.3 is 6.09 Å². The van der Waals surface area contributed by atoms with Crippen molar-refractivity contribution < 1.29 is 28.6 Å². The molecular weight excluding hydrogens is 481 g/mol. The minimum Gasteiger partial charge on any atom is -0.492 e. The molecule has 0 spiro atoms. The van der Waals surface area contributed by atoms with E-state index < -0.39 is 11.9 Å². The number of aromatic amines is 1. The lowest BCUT2D eigenvalue weighted by Gasteiger charge is -2.29. The van der Waals surface area contributed by atoms with Crippen LogP contribution < -0.4 is 20.1 Å². The zero-order valence-electron chi connectivity index (χ0n) is 20.3. The van der Waals surface area contributed by atoms with Crippen molar-refractivity contribution in [2.45, 2.75) is 19.3 Å². The molecule has 11 heteroatoms. The van der Waals surface area contributed by atoms with Gasteiger partial charge in [-0.05, 0) is 37.0 Å². The van der Waals surface area contributed by atoms with E-state index in [0.717, 1.165) is 5.69 Å². The summed E-state index contributed by atoms with van der Waals surface area (Å²) in [6.45, 7) is 1.87. The number of piperidine rings is 1. The summed E-state index contributed by atoms with van der Waals surface area (Å²) in [5.41, 5.74) is 3.40. The molecule has 3 aromatic rings. The van der Waals surface area contributed by atoms with Crippen LogP contribution in [0.4, 0.5) is 20.6 Å². The Labute approximate surface area is 212 Å². The second-order valence-electron chi connectivity index (χ2n) is 9.08. The Kier molecular flexibility index (Phi) is 6.85. The molecule has 194 valence electrons. The maximum absolute atomic E-state index is 14.4. The SMILES string of the molecule is COc1c(F)cccc1Nc1c(-c2ccncc2OCC2CCN(C(=O)O)CC2)[nH]c2c1C(=O)NCC2. The first-order chi connectivity index (χ1) is 18.0. The summed E-state index contributed by atoms with van der Waals surface area (Å²) in [5.74, 6) is 0.0171. The Hall–Kier alpha value is -4.28. The number of anilines is 2. The Bertz CT molecular complexity index is 1320. The van der Waals surface area contributed by atoms with E-state index in [9.17, 15) is 19.1 Å². The van der Waals surface area contributed by atoms with E-state index in [2.05, 4.69) is 20.6 Å². The lowest BCUT2D eigenvalue weighted by Crippen LogP contribution is -2.38. The number of fused-ring (bicyclic) bond motifs is 1. The largest absolute Gasteiger partial charge is 0.492 e. The lowest BCUT2D eigenvalue weighted by molar-refractivity contribution is 0.0946. The number of hydrogen-bond donors (Lipinski definition) is 4. The number of nitrogens with zero attached hydrogens (tertiary/aromatic N) is 2. The van der Waals surface area contributed by atoms with Gasteiger partial charge in [0.1, 0.15) is 5.75 Å². The molecule has 1 fully saturated rings. The summed E-state index contributed by atoms with van der Waals surface area (Å²) in [7, 11) is 1.39. The predicted octanol–water partition coefficient (Wildman–Crippen LogP) is 4.02. The van der Waals surface area contributed by atoms with Gasteiger partial charge in [-0.15, -0.1) is 0 Å². The predicted molar refractivity (Wildman–Crippen MR) is 134 cm³/mol.